The highest BCUT2D eigenvalue weighted by Gasteiger charge is 2.25. The summed E-state index contributed by atoms with van der Waals surface area (Å²) in [6.45, 7) is 6.26. The van der Waals surface area contributed by atoms with Gasteiger partial charge in [0, 0.05) is 36.8 Å². The van der Waals surface area contributed by atoms with E-state index < -0.39 is 6.10 Å². The average Bonchev–Trinajstić information content (AvgIpc) is 3.37. The van der Waals surface area contributed by atoms with Crippen LogP contribution in [0.5, 0.6) is 0 Å². The van der Waals surface area contributed by atoms with Gasteiger partial charge in [0.05, 0.1) is 24.9 Å². The van der Waals surface area contributed by atoms with Crippen molar-refractivity contribution in [1.29, 1.82) is 0 Å². The second-order valence-electron chi connectivity index (χ2n) is 7.38. The maximum atomic E-state index is 10.1. The molecule has 0 amide bonds. The van der Waals surface area contributed by atoms with E-state index in [4.69, 9.17) is 4.74 Å². The Hall–Kier alpha value is -0.580. The highest BCUT2D eigenvalue weighted by molar-refractivity contribution is 14.0. The molecule has 3 rings (SSSR count). The number of aliphatic hydroxyl groups is 1. The number of guanidine groups is 1. The molecule has 2 atom stereocenters. The number of hydrogen-bond donors (Lipinski definition) is 3. The highest BCUT2D eigenvalue weighted by atomic mass is 127. The first-order valence-corrected chi connectivity index (χ1v) is 10.7. The summed E-state index contributed by atoms with van der Waals surface area (Å²) in [5.74, 6) is 1.48. The monoisotopic (exact) mass is 566 g/mol. The Labute approximate surface area is 193 Å². The Morgan fingerprint density at radius 3 is 2.86 bits per heavy atom. The number of benzene rings is 1. The number of hydrogen-bond acceptors (Lipinski definition) is 4. The van der Waals surface area contributed by atoms with E-state index in [-0.39, 0.29) is 24.0 Å². The number of para-hydroxylation sites is 1. The summed E-state index contributed by atoms with van der Waals surface area (Å²) in [4.78, 5) is 6.92. The lowest BCUT2D eigenvalue weighted by Crippen LogP contribution is -2.45. The molecule has 2 aliphatic rings. The summed E-state index contributed by atoms with van der Waals surface area (Å²) in [5, 5.41) is 16.9. The van der Waals surface area contributed by atoms with E-state index in [0.717, 1.165) is 49.0 Å². The third-order valence-electron chi connectivity index (χ3n) is 4.89. The van der Waals surface area contributed by atoms with Crippen LogP contribution in [0.1, 0.15) is 26.2 Å². The van der Waals surface area contributed by atoms with Gasteiger partial charge in [0.15, 0.2) is 5.96 Å². The largest absolute Gasteiger partial charge is 0.389 e. The molecule has 0 aromatic heterocycles. The zero-order chi connectivity index (χ0) is 19.1. The van der Waals surface area contributed by atoms with Gasteiger partial charge in [-0.3, -0.25) is 4.99 Å². The third kappa shape index (κ3) is 7.68. The molecule has 28 heavy (non-hydrogen) atoms. The molecule has 1 aliphatic heterocycles. The molecule has 158 valence electrons. The van der Waals surface area contributed by atoms with Crippen molar-refractivity contribution < 1.29 is 9.84 Å². The number of nitrogens with one attached hydrogen (secondary N) is 2. The lowest BCUT2D eigenvalue weighted by molar-refractivity contribution is 0.0368. The van der Waals surface area contributed by atoms with Crippen LogP contribution in [0, 0.1) is 5.92 Å². The molecule has 6 nitrogen and oxygen atoms in total. The molecule has 1 heterocycles. The van der Waals surface area contributed by atoms with Gasteiger partial charge in [-0.1, -0.05) is 12.1 Å². The molecule has 1 aromatic carbocycles. The van der Waals surface area contributed by atoms with Crippen molar-refractivity contribution in [3.8, 4) is 0 Å². The predicted octanol–water partition coefficient (Wildman–Crippen LogP) is 2.99. The van der Waals surface area contributed by atoms with Crippen LogP contribution in [0.2, 0.25) is 0 Å². The van der Waals surface area contributed by atoms with E-state index >= 15 is 0 Å². The standard InChI is InChI=1S/C20H31BrN4O2.HI/c1-2-22-20(23-11-17(26)14-27-13-15-7-8-15)24-16-9-10-25(12-16)19-6-4-3-5-18(19)21;/h3-6,15-17,26H,2,7-14H2,1H3,(H2,22,23,24);1H. The number of halogens is 2. The summed E-state index contributed by atoms with van der Waals surface area (Å²) < 4.78 is 6.67. The molecule has 8 heteroatoms. The number of aliphatic imine (C=N–C) groups is 1. The topological polar surface area (TPSA) is 69.1 Å². The third-order valence-corrected chi connectivity index (χ3v) is 5.56. The Kier molecular flexibility index (Phi) is 10.3. The van der Waals surface area contributed by atoms with Crippen LogP contribution in [0.3, 0.4) is 0 Å². The lowest BCUT2D eigenvalue weighted by Gasteiger charge is -2.21. The van der Waals surface area contributed by atoms with Crippen molar-refractivity contribution in [3.05, 3.63) is 28.7 Å². The minimum Gasteiger partial charge on any atom is -0.389 e. The fraction of sp³-hybridized carbons (Fsp3) is 0.650. The number of anilines is 1. The molecule has 0 radical (unpaired) electrons. The SMILES string of the molecule is CCNC(=NCC(O)COCC1CC1)NC1CCN(c2ccccc2Br)C1.I. The van der Waals surface area contributed by atoms with E-state index in [1.807, 2.05) is 6.07 Å². The van der Waals surface area contributed by atoms with E-state index in [9.17, 15) is 5.11 Å². The molecular weight excluding hydrogens is 535 g/mol. The number of ether oxygens (including phenoxy) is 1. The normalized spacial score (nSPS) is 20.6. The first kappa shape index (κ1) is 23.7. The van der Waals surface area contributed by atoms with Gasteiger partial charge >= 0.3 is 0 Å². The molecular formula is C20H32BrIN4O2. The minimum absolute atomic E-state index is 0. The maximum absolute atomic E-state index is 10.1. The molecule has 0 bridgehead atoms. The summed E-state index contributed by atoms with van der Waals surface area (Å²) in [7, 11) is 0. The molecule has 2 unspecified atom stereocenters. The second-order valence-corrected chi connectivity index (χ2v) is 8.24. The van der Waals surface area contributed by atoms with E-state index in [1.54, 1.807) is 0 Å². The van der Waals surface area contributed by atoms with Crippen LogP contribution >= 0.6 is 39.9 Å². The van der Waals surface area contributed by atoms with Crippen molar-refractivity contribution in [2.75, 3.05) is 44.3 Å². The lowest BCUT2D eigenvalue weighted by atomic mass is 10.2. The number of aliphatic hydroxyl groups excluding tert-OH is 1. The van der Waals surface area contributed by atoms with Gasteiger partial charge < -0.3 is 25.4 Å². The summed E-state index contributed by atoms with van der Waals surface area (Å²) in [6.07, 6.45) is 3.03. The van der Waals surface area contributed by atoms with Crippen LogP contribution in [0.25, 0.3) is 0 Å². The van der Waals surface area contributed by atoms with Gasteiger partial charge in [-0.05, 0) is 60.2 Å². The fourth-order valence-corrected chi connectivity index (χ4v) is 3.76. The van der Waals surface area contributed by atoms with Crippen molar-refractivity contribution in [2.24, 2.45) is 10.9 Å². The minimum atomic E-state index is -0.556. The first-order chi connectivity index (χ1) is 13.2. The Morgan fingerprint density at radius 2 is 2.14 bits per heavy atom. The quantitative estimate of drug-likeness (QED) is 0.244. The zero-order valence-electron chi connectivity index (χ0n) is 16.4. The van der Waals surface area contributed by atoms with Crippen molar-refractivity contribution in [1.82, 2.24) is 10.6 Å². The van der Waals surface area contributed by atoms with Gasteiger partial charge in [0.2, 0.25) is 0 Å². The molecule has 1 saturated heterocycles. The van der Waals surface area contributed by atoms with Crippen molar-refractivity contribution in [3.63, 3.8) is 0 Å². The molecule has 1 aliphatic carbocycles. The Morgan fingerprint density at radius 1 is 1.36 bits per heavy atom. The summed E-state index contributed by atoms with van der Waals surface area (Å²) >= 11 is 3.64. The van der Waals surface area contributed by atoms with Gasteiger partial charge in [0.1, 0.15) is 0 Å². The summed E-state index contributed by atoms with van der Waals surface area (Å²) in [6, 6.07) is 8.66. The molecule has 3 N–H and O–H groups in total. The van der Waals surface area contributed by atoms with Crippen LogP contribution in [-0.2, 0) is 4.74 Å². The predicted molar refractivity (Wildman–Crippen MR) is 129 cm³/mol. The van der Waals surface area contributed by atoms with Crippen molar-refractivity contribution >= 4 is 51.6 Å². The first-order valence-electron chi connectivity index (χ1n) is 9.95. The van der Waals surface area contributed by atoms with Gasteiger partial charge in [0.25, 0.3) is 0 Å². The van der Waals surface area contributed by atoms with Gasteiger partial charge in [-0.15, -0.1) is 24.0 Å². The molecule has 2 fully saturated rings. The summed E-state index contributed by atoms with van der Waals surface area (Å²) in [5.41, 5.74) is 1.23. The number of nitrogens with zero attached hydrogens (tertiary/aromatic N) is 2. The number of rotatable bonds is 9. The Bertz CT molecular complexity index is 630. The maximum Gasteiger partial charge on any atom is 0.191 e. The highest BCUT2D eigenvalue weighted by Crippen LogP contribution is 2.29. The van der Waals surface area contributed by atoms with E-state index in [2.05, 4.69) is 61.6 Å². The fourth-order valence-electron chi connectivity index (χ4n) is 3.22. The second kappa shape index (κ2) is 12.2. The van der Waals surface area contributed by atoms with Crippen LogP contribution < -0.4 is 15.5 Å². The Balaban J connectivity index is 0.00000280. The zero-order valence-corrected chi connectivity index (χ0v) is 20.4. The van der Waals surface area contributed by atoms with Gasteiger partial charge in [-0.25, -0.2) is 0 Å². The van der Waals surface area contributed by atoms with Crippen molar-refractivity contribution in [2.45, 2.75) is 38.3 Å². The average molecular weight is 567 g/mol. The van der Waals surface area contributed by atoms with E-state index in [0.29, 0.717) is 19.2 Å². The van der Waals surface area contributed by atoms with Crippen LogP contribution in [-0.4, -0.2) is 62.6 Å². The van der Waals surface area contributed by atoms with Crippen LogP contribution in [0.4, 0.5) is 5.69 Å². The molecule has 0 spiro atoms. The molecule has 1 aromatic rings. The smallest absolute Gasteiger partial charge is 0.191 e. The van der Waals surface area contributed by atoms with E-state index in [1.165, 1.54) is 18.5 Å². The van der Waals surface area contributed by atoms with Crippen LogP contribution in [0.15, 0.2) is 33.7 Å². The molecule has 1 saturated carbocycles. The van der Waals surface area contributed by atoms with Gasteiger partial charge in [-0.2, -0.15) is 0 Å².